The van der Waals surface area contributed by atoms with Crippen molar-refractivity contribution in [2.45, 2.75) is 25.9 Å². The molecule has 1 N–H and O–H groups in total. The van der Waals surface area contributed by atoms with Crippen LogP contribution in [0.15, 0.2) is 67.0 Å². The largest absolute Gasteiger partial charge is 0.352 e. The van der Waals surface area contributed by atoms with E-state index in [2.05, 4.69) is 10.4 Å². The second-order valence-corrected chi connectivity index (χ2v) is 7.21. The number of hydrogen-bond donors (Lipinski definition) is 1. The minimum absolute atomic E-state index is 0.104. The molecule has 0 aliphatic carbocycles. The minimum Gasteiger partial charge on any atom is -0.352 e. The molecule has 3 amide bonds. The van der Waals surface area contributed by atoms with Crippen molar-refractivity contribution in [1.29, 1.82) is 0 Å². The second kappa shape index (κ2) is 8.73. The molecule has 7 heteroatoms. The highest BCUT2D eigenvalue weighted by Crippen LogP contribution is 2.22. The van der Waals surface area contributed by atoms with Crippen LogP contribution in [0.5, 0.6) is 0 Å². The van der Waals surface area contributed by atoms with E-state index in [0.717, 1.165) is 11.1 Å². The molecule has 0 saturated heterocycles. The molecular formula is C23H22N4O3. The van der Waals surface area contributed by atoms with E-state index in [1.54, 1.807) is 30.5 Å². The van der Waals surface area contributed by atoms with Crippen LogP contribution in [0.2, 0.25) is 0 Å². The van der Waals surface area contributed by atoms with E-state index in [9.17, 15) is 14.4 Å². The van der Waals surface area contributed by atoms with E-state index in [4.69, 9.17) is 0 Å². The van der Waals surface area contributed by atoms with Gasteiger partial charge in [-0.3, -0.25) is 24.0 Å². The molecule has 0 atom stereocenters. The van der Waals surface area contributed by atoms with Crippen LogP contribution in [-0.4, -0.2) is 38.9 Å². The molecule has 0 radical (unpaired) electrons. The van der Waals surface area contributed by atoms with Crippen molar-refractivity contribution in [3.8, 4) is 0 Å². The van der Waals surface area contributed by atoms with Gasteiger partial charge in [-0.05, 0) is 35.7 Å². The molecule has 1 aliphatic rings. The molecule has 0 saturated carbocycles. The predicted molar refractivity (Wildman–Crippen MR) is 111 cm³/mol. The first-order valence-corrected chi connectivity index (χ1v) is 9.89. The van der Waals surface area contributed by atoms with Crippen LogP contribution in [0.1, 0.15) is 44.7 Å². The molecule has 0 fully saturated rings. The molecule has 152 valence electrons. The number of carbonyl (C=O) groups excluding carboxylic acids is 3. The van der Waals surface area contributed by atoms with Crippen molar-refractivity contribution < 1.29 is 14.4 Å². The van der Waals surface area contributed by atoms with Crippen LogP contribution in [0.4, 0.5) is 0 Å². The second-order valence-electron chi connectivity index (χ2n) is 7.21. The third-order valence-corrected chi connectivity index (χ3v) is 5.08. The number of amides is 3. The number of hydrogen-bond acceptors (Lipinski definition) is 4. The molecule has 0 unspecified atom stereocenters. The van der Waals surface area contributed by atoms with Crippen molar-refractivity contribution in [2.75, 3.05) is 6.54 Å². The lowest BCUT2D eigenvalue weighted by Gasteiger charge is -2.13. The Labute approximate surface area is 174 Å². The Morgan fingerprint density at radius 2 is 1.57 bits per heavy atom. The lowest BCUT2D eigenvalue weighted by molar-refractivity contribution is -0.121. The topological polar surface area (TPSA) is 84.3 Å². The fraction of sp³-hybridized carbons (Fsp3) is 0.217. The molecular weight excluding hydrogens is 380 g/mol. The molecule has 3 aromatic rings. The number of nitrogens with zero attached hydrogens (tertiary/aromatic N) is 3. The number of fused-ring (bicyclic) bond motifs is 1. The zero-order chi connectivity index (χ0) is 20.9. The van der Waals surface area contributed by atoms with Gasteiger partial charge in [-0.25, -0.2) is 0 Å². The lowest BCUT2D eigenvalue weighted by Crippen LogP contribution is -2.32. The Kier molecular flexibility index (Phi) is 5.70. The van der Waals surface area contributed by atoms with Crippen LogP contribution >= 0.6 is 0 Å². The summed E-state index contributed by atoms with van der Waals surface area (Å²) in [6.07, 6.45) is 4.35. The highest BCUT2D eigenvalue weighted by Gasteiger charge is 2.34. The van der Waals surface area contributed by atoms with E-state index in [1.807, 2.05) is 41.2 Å². The molecule has 2 heterocycles. The molecule has 0 bridgehead atoms. The molecule has 2 aromatic carbocycles. The van der Waals surface area contributed by atoms with Crippen molar-refractivity contribution in [3.05, 3.63) is 89.2 Å². The number of rotatable bonds is 8. The fourth-order valence-electron chi connectivity index (χ4n) is 3.47. The van der Waals surface area contributed by atoms with Gasteiger partial charge in [-0.1, -0.05) is 36.4 Å². The highest BCUT2D eigenvalue weighted by atomic mass is 16.2. The summed E-state index contributed by atoms with van der Waals surface area (Å²) in [4.78, 5) is 38.0. The van der Waals surface area contributed by atoms with Crippen LogP contribution in [0.3, 0.4) is 0 Å². The van der Waals surface area contributed by atoms with Gasteiger partial charge >= 0.3 is 0 Å². The summed E-state index contributed by atoms with van der Waals surface area (Å²) < 4.78 is 1.85. The van der Waals surface area contributed by atoms with Gasteiger partial charge in [0.1, 0.15) is 0 Å². The van der Waals surface area contributed by atoms with Crippen LogP contribution in [0, 0.1) is 0 Å². The van der Waals surface area contributed by atoms with Crippen molar-refractivity contribution in [1.82, 2.24) is 20.0 Å². The van der Waals surface area contributed by atoms with Crippen molar-refractivity contribution in [3.63, 3.8) is 0 Å². The Morgan fingerprint density at radius 3 is 2.20 bits per heavy atom. The predicted octanol–water partition coefficient (Wildman–Crippen LogP) is 2.62. The Morgan fingerprint density at radius 1 is 0.900 bits per heavy atom. The maximum atomic E-state index is 12.3. The van der Waals surface area contributed by atoms with Crippen LogP contribution in [-0.2, 0) is 17.9 Å². The normalized spacial score (nSPS) is 12.9. The monoisotopic (exact) mass is 402 g/mol. The average molecular weight is 402 g/mol. The number of benzene rings is 2. The van der Waals surface area contributed by atoms with Gasteiger partial charge < -0.3 is 5.32 Å². The third kappa shape index (κ3) is 4.30. The number of aromatic nitrogens is 2. The van der Waals surface area contributed by atoms with Gasteiger partial charge in [-0.15, -0.1) is 0 Å². The first-order chi connectivity index (χ1) is 14.6. The van der Waals surface area contributed by atoms with Gasteiger partial charge in [0, 0.05) is 31.9 Å². The number of nitrogens with one attached hydrogen (secondary N) is 1. The van der Waals surface area contributed by atoms with Gasteiger partial charge in [0.2, 0.25) is 5.91 Å². The number of carbonyl (C=O) groups is 3. The molecule has 4 rings (SSSR count). The SMILES string of the molecule is O=C(CCCN1C(=O)c2ccccc2C1=O)NCc1ccc(Cn2cccn2)cc1. The van der Waals surface area contributed by atoms with E-state index in [0.29, 0.717) is 30.6 Å². The van der Waals surface area contributed by atoms with Gasteiger partial charge in [-0.2, -0.15) is 5.10 Å². The molecule has 30 heavy (non-hydrogen) atoms. The summed E-state index contributed by atoms with van der Waals surface area (Å²) in [5.41, 5.74) is 3.01. The Hall–Kier alpha value is -3.74. The lowest BCUT2D eigenvalue weighted by atomic mass is 10.1. The zero-order valence-electron chi connectivity index (χ0n) is 16.5. The standard InChI is InChI=1S/C23H22N4O3/c28-21(7-3-14-27-22(29)19-5-1-2-6-20(19)23(27)30)24-15-17-8-10-18(11-9-17)16-26-13-4-12-25-26/h1-2,4-6,8-13H,3,7,14-16H2,(H,24,28). The van der Waals surface area contributed by atoms with E-state index < -0.39 is 0 Å². The maximum Gasteiger partial charge on any atom is 0.261 e. The smallest absolute Gasteiger partial charge is 0.261 e. The molecule has 1 aliphatic heterocycles. The Balaban J connectivity index is 1.20. The summed E-state index contributed by atoms with van der Waals surface area (Å²) in [5, 5.41) is 7.07. The highest BCUT2D eigenvalue weighted by molar-refractivity contribution is 6.21. The Bertz CT molecular complexity index is 1020. The minimum atomic E-state index is -0.286. The van der Waals surface area contributed by atoms with Crippen LogP contribution in [0.25, 0.3) is 0 Å². The summed E-state index contributed by atoms with van der Waals surface area (Å²) in [7, 11) is 0. The average Bonchev–Trinajstić information content (AvgIpc) is 3.36. The summed E-state index contributed by atoms with van der Waals surface area (Å²) in [6, 6.07) is 16.7. The fourth-order valence-corrected chi connectivity index (χ4v) is 3.47. The summed E-state index contributed by atoms with van der Waals surface area (Å²) in [6.45, 7) is 1.38. The van der Waals surface area contributed by atoms with Crippen molar-refractivity contribution >= 4 is 17.7 Å². The third-order valence-electron chi connectivity index (χ3n) is 5.08. The van der Waals surface area contributed by atoms with Crippen LogP contribution < -0.4 is 5.32 Å². The number of imide groups is 1. The van der Waals surface area contributed by atoms with Gasteiger partial charge in [0.25, 0.3) is 11.8 Å². The molecule has 7 nitrogen and oxygen atoms in total. The van der Waals surface area contributed by atoms with E-state index in [1.165, 1.54) is 4.90 Å². The van der Waals surface area contributed by atoms with Gasteiger partial charge in [0.05, 0.1) is 17.7 Å². The first-order valence-electron chi connectivity index (χ1n) is 9.89. The molecule has 1 aromatic heterocycles. The summed E-state index contributed by atoms with van der Waals surface area (Å²) in [5.74, 6) is -0.676. The quantitative estimate of drug-likeness (QED) is 0.587. The molecule has 0 spiro atoms. The zero-order valence-corrected chi connectivity index (χ0v) is 16.5. The van der Waals surface area contributed by atoms with Gasteiger partial charge in [0.15, 0.2) is 0 Å². The van der Waals surface area contributed by atoms with E-state index >= 15 is 0 Å². The van der Waals surface area contributed by atoms with E-state index in [-0.39, 0.29) is 30.7 Å². The first kappa shape index (κ1) is 19.6. The summed E-state index contributed by atoms with van der Waals surface area (Å²) >= 11 is 0. The maximum absolute atomic E-state index is 12.3. The van der Waals surface area contributed by atoms with Crippen molar-refractivity contribution in [2.24, 2.45) is 0 Å².